The summed E-state index contributed by atoms with van der Waals surface area (Å²) in [5.74, 6) is 1.07. The molecule has 2 aliphatic rings. The van der Waals surface area contributed by atoms with E-state index in [1.54, 1.807) is 11.1 Å². The Kier molecular flexibility index (Phi) is 6.52. The highest BCUT2D eigenvalue weighted by Gasteiger charge is 2.51. The van der Waals surface area contributed by atoms with Crippen molar-refractivity contribution in [3.8, 4) is 0 Å². The van der Waals surface area contributed by atoms with E-state index in [0.717, 1.165) is 24.3 Å². The average molecular weight is 454 g/mol. The third-order valence-corrected chi connectivity index (χ3v) is 9.31. The monoisotopic (exact) mass is 453 g/mol. The number of nitrogens with one attached hydrogen (secondary N) is 1. The van der Waals surface area contributed by atoms with E-state index in [1.165, 1.54) is 36.2 Å². The topological polar surface area (TPSA) is 68.0 Å². The highest BCUT2D eigenvalue weighted by Crippen LogP contribution is 2.57. The zero-order valence-electron chi connectivity index (χ0n) is 20.3. The molecule has 4 unspecified atom stereocenters. The smallest absolute Gasteiger partial charge is 0.270 e. The number of hydrogen-bond acceptors (Lipinski definition) is 4. The van der Waals surface area contributed by atoms with Gasteiger partial charge in [-0.05, 0) is 71.5 Å². The minimum absolute atomic E-state index is 0.0675. The lowest BCUT2D eigenvalue weighted by molar-refractivity contribution is 0.0254. The highest BCUT2D eigenvalue weighted by atomic mass is 32.1. The van der Waals surface area contributed by atoms with Gasteiger partial charge in [0, 0.05) is 11.9 Å². The van der Waals surface area contributed by atoms with E-state index < -0.39 is 0 Å². The first-order valence-corrected chi connectivity index (χ1v) is 13.2. The van der Waals surface area contributed by atoms with Crippen molar-refractivity contribution in [3.63, 3.8) is 0 Å². The molecule has 1 amide bonds. The van der Waals surface area contributed by atoms with Gasteiger partial charge >= 0.3 is 0 Å². The number of nitrogens with zero attached hydrogens (tertiary/aromatic N) is 1. The number of thiazole rings is 1. The average Bonchev–Trinajstić information content (AvgIpc) is 3.27. The van der Waals surface area contributed by atoms with Crippen LogP contribution in [0.4, 0.5) is 0 Å². The number of hydrogen-bond donors (Lipinski definition) is 2. The van der Waals surface area contributed by atoms with Crippen LogP contribution in [0.3, 0.4) is 0 Å². The van der Waals surface area contributed by atoms with Gasteiger partial charge in [0.15, 0.2) is 0 Å². The molecule has 0 bridgehead atoms. The second-order valence-corrected chi connectivity index (χ2v) is 11.7. The van der Waals surface area contributed by atoms with Crippen LogP contribution in [0.15, 0.2) is 23.6 Å². The van der Waals surface area contributed by atoms with E-state index in [1.807, 2.05) is 12.3 Å². The summed E-state index contributed by atoms with van der Waals surface area (Å²) in [6, 6.07) is 7.12. The summed E-state index contributed by atoms with van der Waals surface area (Å²) in [6.07, 6.45) is 6.77. The number of nitrogens with two attached hydrogens (primary N) is 1. The van der Waals surface area contributed by atoms with E-state index in [4.69, 9.17) is 5.73 Å². The summed E-state index contributed by atoms with van der Waals surface area (Å²) < 4.78 is 0. The van der Waals surface area contributed by atoms with E-state index in [-0.39, 0.29) is 22.8 Å². The van der Waals surface area contributed by atoms with Gasteiger partial charge < -0.3 is 11.1 Å². The molecule has 1 aromatic heterocycles. The number of benzene rings is 1. The third kappa shape index (κ3) is 4.14. The van der Waals surface area contributed by atoms with Gasteiger partial charge in [-0.1, -0.05) is 59.2 Å². The zero-order chi connectivity index (χ0) is 23.1. The Morgan fingerprint density at radius 3 is 2.81 bits per heavy atom. The first kappa shape index (κ1) is 23.4. The number of fused-ring (bicyclic) bond motifs is 3. The van der Waals surface area contributed by atoms with E-state index >= 15 is 0 Å². The summed E-state index contributed by atoms with van der Waals surface area (Å²) >= 11 is 1.49. The van der Waals surface area contributed by atoms with Gasteiger partial charge in [-0.3, -0.25) is 4.79 Å². The van der Waals surface area contributed by atoms with Crippen molar-refractivity contribution in [3.05, 3.63) is 51.0 Å². The molecule has 32 heavy (non-hydrogen) atoms. The Labute approximate surface area is 197 Å². The van der Waals surface area contributed by atoms with Crippen molar-refractivity contribution in [1.29, 1.82) is 0 Å². The SMILES string of the molecule is CCC(N)c1nc(C(=O)NCC2(C)CCCC3(C)c4ccc(C(C)C)cc4CCC23)cs1. The number of aryl methyl sites for hydroxylation is 1. The fourth-order valence-electron chi connectivity index (χ4n) is 6.32. The largest absolute Gasteiger partial charge is 0.350 e. The molecule has 1 fully saturated rings. The number of carbonyl (C=O) groups is 1. The molecule has 1 saturated carbocycles. The van der Waals surface area contributed by atoms with Crippen LogP contribution >= 0.6 is 11.3 Å². The fourth-order valence-corrected chi connectivity index (χ4v) is 7.21. The Hall–Kier alpha value is -1.72. The molecule has 2 aromatic rings. The normalized spacial score (nSPS) is 28.2. The van der Waals surface area contributed by atoms with Gasteiger partial charge in [-0.15, -0.1) is 11.3 Å². The zero-order valence-corrected chi connectivity index (χ0v) is 21.1. The van der Waals surface area contributed by atoms with Crippen molar-refractivity contribution in [2.45, 2.75) is 90.5 Å². The van der Waals surface area contributed by atoms with Gasteiger partial charge in [0.2, 0.25) is 0 Å². The van der Waals surface area contributed by atoms with Crippen LogP contribution in [0, 0.1) is 11.3 Å². The molecule has 3 N–H and O–H groups in total. The van der Waals surface area contributed by atoms with Crippen molar-refractivity contribution < 1.29 is 4.79 Å². The lowest BCUT2D eigenvalue weighted by Crippen LogP contribution is -2.53. The Morgan fingerprint density at radius 2 is 2.09 bits per heavy atom. The predicted molar refractivity (Wildman–Crippen MR) is 133 cm³/mol. The van der Waals surface area contributed by atoms with Gasteiger partial charge in [-0.2, -0.15) is 0 Å². The first-order valence-electron chi connectivity index (χ1n) is 12.3. The Morgan fingerprint density at radius 1 is 1.31 bits per heavy atom. The van der Waals surface area contributed by atoms with Crippen LogP contribution < -0.4 is 11.1 Å². The molecule has 0 radical (unpaired) electrons. The molecular formula is C27H39N3OS. The lowest BCUT2D eigenvalue weighted by Gasteiger charge is -2.55. The Bertz CT molecular complexity index is 983. The highest BCUT2D eigenvalue weighted by molar-refractivity contribution is 7.09. The molecule has 0 aliphatic heterocycles. The van der Waals surface area contributed by atoms with Gasteiger partial charge in [0.1, 0.15) is 10.7 Å². The molecule has 0 saturated heterocycles. The molecule has 1 aromatic carbocycles. The fraction of sp³-hybridized carbons (Fsp3) is 0.630. The quantitative estimate of drug-likeness (QED) is 0.554. The molecule has 4 atom stereocenters. The van der Waals surface area contributed by atoms with Crippen LogP contribution in [0.1, 0.15) is 111 Å². The summed E-state index contributed by atoms with van der Waals surface area (Å²) in [5.41, 5.74) is 11.4. The molecule has 5 heteroatoms. The van der Waals surface area contributed by atoms with Crippen LogP contribution in [-0.4, -0.2) is 17.4 Å². The minimum atomic E-state index is -0.0864. The number of carbonyl (C=O) groups excluding carboxylic acids is 1. The standard InChI is InChI=1S/C27H39N3OS/c1-6-21(28)25-30-22(15-32-25)24(31)29-16-26(4)12-7-13-27(5)20-10-8-18(17(2)3)14-19(20)9-11-23(26)27/h8,10,14-15,17,21,23H,6-7,9,11-13,16,28H2,1-5H3,(H,29,31). The molecule has 2 aliphatic carbocycles. The van der Waals surface area contributed by atoms with Gasteiger partial charge in [0.25, 0.3) is 5.91 Å². The summed E-state index contributed by atoms with van der Waals surface area (Å²) in [4.78, 5) is 17.4. The maximum atomic E-state index is 12.9. The molecule has 4 nitrogen and oxygen atoms in total. The Balaban J connectivity index is 1.52. The van der Waals surface area contributed by atoms with Crippen molar-refractivity contribution >= 4 is 17.2 Å². The third-order valence-electron chi connectivity index (χ3n) is 8.33. The van der Waals surface area contributed by atoms with Crippen LogP contribution in [0.2, 0.25) is 0 Å². The molecule has 1 heterocycles. The molecule has 0 spiro atoms. The van der Waals surface area contributed by atoms with E-state index in [9.17, 15) is 4.79 Å². The van der Waals surface area contributed by atoms with Gasteiger partial charge in [-0.25, -0.2) is 4.98 Å². The lowest BCUT2D eigenvalue weighted by atomic mass is 9.49. The predicted octanol–water partition coefficient (Wildman–Crippen LogP) is 6.12. The minimum Gasteiger partial charge on any atom is -0.350 e. The second kappa shape index (κ2) is 8.90. The van der Waals surface area contributed by atoms with E-state index in [2.05, 4.69) is 56.2 Å². The number of aromatic nitrogens is 1. The number of amides is 1. The van der Waals surface area contributed by atoms with Crippen LogP contribution in [0.25, 0.3) is 0 Å². The summed E-state index contributed by atoms with van der Waals surface area (Å²) in [6.45, 7) is 12.2. The number of rotatable bonds is 6. The van der Waals surface area contributed by atoms with Crippen LogP contribution in [-0.2, 0) is 11.8 Å². The maximum Gasteiger partial charge on any atom is 0.270 e. The summed E-state index contributed by atoms with van der Waals surface area (Å²) in [5, 5.41) is 5.93. The van der Waals surface area contributed by atoms with E-state index in [0.29, 0.717) is 24.1 Å². The molecule has 174 valence electrons. The molecular weight excluding hydrogens is 414 g/mol. The van der Waals surface area contributed by atoms with Crippen molar-refractivity contribution in [2.75, 3.05) is 6.54 Å². The summed E-state index contributed by atoms with van der Waals surface area (Å²) in [7, 11) is 0. The van der Waals surface area contributed by atoms with Gasteiger partial charge in [0.05, 0.1) is 6.04 Å². The molecule has 4 rings (SSSR count). The van der Waals surface area contributed by atoms with Crippen molar-refractivity contribution in [1.82, 2.24) is 10.3 Å². The maximum absolute atomic E-state index is 12.9. The van der Waals surface area contributed by atoms with Crippen LogP contribution in [0.5, 0.6) is 0 Å². The first-order chi connectivity index (χ1) is 15.2. The van der Waals surface area contributed by atoms with Crippen molar-refractivity contribution in [2.24, 2.45) is 17.1 Å². The second-order valence-electron chi connectivity index (χ2n) is 10.9.